The van der Waals surface area contributed by atoms with Crippen LogP contribution in [0.1, 0.15) is 20.9 Å². The highest BCUT2D eigenvalue weighted by Crippen LogP contribution is 2.31. The minimum Gasteiger partial charge on any atom is -0.478 e. The first-order valence-electron chi connectivity index (χ1n) is 7.95. The molecule has 148 valence electrons. The van der Waals surface area contributed by atoms with Crippen molar-refractivity contribution < 1.29 is 19.1 Å². The van der Waals surface area contributed by atoms with Crippen molar-refractivity contribution in [3.63, 3.8) is 0 Å². The van der Waals surface area contributed by atoms with E-state index in [4.69, 9.17) is 39.8 Å². The van der Waals surface area contributed by atoms with Crippen LogP contribution in [0.2, 0.25) is 10.0 Å². The molecule has 10 heteroatoms. The molecule has 0 aliphatic rings. The number of hydrogen-bond acceptors (Lipinski definition) is 4. The number of carboxylic acid groups (broad SMARTS) is 1. The fraction of sp³-hybridized carbons (Fsp3) is 0. The molecule has 0 aliphatic carbocycles. The van der Waals surface area contributed by atoms with Gasteiger partial charge < -0.3 is 14.8 Å². The monoisotopic (exact) mass is 560 g/mol. The van der Waals surface area contributed by atoms with Crippen LogP contribution in [0.5, 0.6) is 0 Å². The van der Waals surface area contributed by atoms with Crippen molar-refractivity contribution >= 4 is 80.7 Å². The van der Waals surface area contributed by atoms with Crippen LogP contribution in [-0.4, -0.2) is 22.1 Å². The van der Waals surface area contributed by atoms with Crippen LogP contribution in [0.25, 0.3) is 11.3 Å². The zero-order valence-corrected chi connectivity index (χ0v) is 18.8. The average Bonchev–Trinajstić information content (AvgIpc) is 3.15. The normalized spacial score (nSPS) is 10.4. The van der Waals surface area contributed by atoms with E-state index in [1.807, 2.05) is 22.6 Å². The molecule has 1 amide bonds. The van der Waals surface area contributed by atoms with Crippen molar-refractivity contribution in [2.75, 3.05) is 5.32 Å². The Morgan fingerprint density at radius 2 is 1.83 bits per heavy atom. The number of amides is 1. The van der Waals surface area contributed by atoms with Crippen molar-refractivity contribution in [3.05, 3.63) is 73.5 Å². The third-order valence-corrected chi connectivity index (χ3v) is 5.15. The zero-order valence-electron chi connectivity index (χ0n) is 14.3. The first kappa shape index (κ1) is 21.6. The molecule has 0 bridgehead atoms. The van der Waals surface area contributed by atoms with Crippen molar-refractivity contribution in [3.8, 4) is 11.3 Å². The van der Waals surface area contributed by atoms with Gasteiger partial charge in [0, 0.05) is 14.2 Å². The Morgan fingerprint density at radius 1 is 1.07 bits per heavy atom. The number of aromatic carboxylic acids is 1. The summed E-state index contributed by atoms with van der Waals surface area (Å²) < 4.78 is 6.31. The first-order valence-corrected chi connectivity index (χ1v) is 10.2. The molecular weight excluding hydrogens is 550 g/mol. The highest BCUT2D eigenvalue weighted by Gasteiger charge is 2.17. The third kappa shape index (κ3) is 5.27. The molecule has 0 unspecified atom stereocenters. The third-order valence-electron chi connectivity index (χ3n) is 3.71. The van der Waals surface area contributed by atoms with Crippen LogP contribution in [0, 0.1) is 3.57 Å². The van der Waals surface area contributed by atoms with Crippen molar-refractivity contribution in [2.24, 2.45) is 0 Å². The second-order valence-electron chi connectivity index (χ2n) is 5.69. The molecule has 3 N–H and O–H groups in total. The molecule has 2 aromatic carbocycles. The number of carboxylic acids is 1. The summed E-state index contributed by atoms with van der Waals surface area (Å²) in [6.07, 6.45) is 0. The van der Waals surface area contributed by atoms with Gasteiger partial charge in [0.25, 0.3) is 5.91 Å². The molecule has 6 nitrogen and oxygen atoms in total. The van der Waals surface area contributed by atoms with Crippen LogP contribution >= 0.6 is 58.0 Å². The van der Waals surface area contributed by atoms with Gasteiger partial charge in [-0.1, -0.05) is 23.2 Å². The molecule has 1 heterocycles. The minimum absolute atomic E-state index is 0.00117. The Bertz CT molecular complexity index is 1130. The van der Waals surface area contributed by atoms with E-state index in [0.29, 0.717) is 21.4 Å². The highest BCUT2D eigenvalue weighted by molar-refractivity contribution is 14.1. The summed E-state index contributed by atoms with van der Waals surface area (Å²) in [7, 11) is 0. The van der Waals surface area contributed by atoms with Gasteiger partial charge in [0.1, 0.15) is 5.76 Å². The average molecular weight is 561 g/mol. The maximum Gasteiger partial charge on any atom is 0.337 e. The summed E-state index contributed by atoms with van der Waals surface area (Å²) in [6.45, 7) is 0. The maximum atomic E-state index is 12.4. The quantitative estimate of drug-likeness (QED) is 0.281. The number of thiocarbonyl (C=S) groups is 1. The summed E-state index contributed by atoms with van der Waals surface area (Å²) >= 11 is 19.2. The molecule has 3 rings (SSSR count). The van der Waals surface area contributed by atoms with Crippen molar-refractivity contribution in [1.29, 1.82) is 0 Å². The van der Waals surface area contributed by atoms with E-state index in [2.05, 4.69) is 10.6 Å². The molecule has 0 radical (unpaired) electrons. The summed E-state index contributed by atoms with van der Waals surface area (Å²) in [6, 6.07) is 12.7. The molecular formula is C19H11Cl2IN2O4S. The van der Waals surface area contributed by atoms with Gasteiger partial charge in [-0.15, -0.1) is 0 Å². The van der Waals surface area contributed by atoms with Gasteiger partial charge in [0.2, 0.25) is 0 Å². The molecule has 3 aromatic rings. The van der Waals surface area contributed by atoms with Gasteiger partial charge >= 0.3 is 5.97 Å². The fourth-order valence-electron chi connectivity index (χ4n) is 2.41. The second kappa shape index (κ2) is 9.12. The van der Waals surface area contributed by atoms with E-state index in [1.165, 1.54) is 12.1 Å². The van der Waals surface area contributed by atoms with Gasteiger partial charge in [-0.25, -0.2) is 4.79 Å². The maximum absolute atomic E-state index is 12.4. The second-order valence-corrected chi connectivity index (χ2v) is 8.19. The molecule has 0 saturated carbocycles. The van der Waals surface area contributed by atoms with Crippen molar-refractivity contribution in [2.45, 2.75) is 0 Å². The van der Waals surface area contributed by atoms with Gasteiger partial charge in [0.15, 0.2) is 10.9 Å². The van der Waals surface area contributed by atoms with Crippen LogP contribution in [-0.2, 0) is 0 Å². The number of carbonyl (C=O) groups is 2. The van der Waals surface area contributed by atoms with E-state index in [0.717, 1.165) is 3.57 Å². The lowest BCUT2D eigenvalue weighted by atomic mass is 10.2. The highest BCUT2D eigenvalue weighted by atomic mass is 127. The lowest BCUT2D eigenvalue weighted by molar-refractivity contribution is 0.0697. The van der Waals surface area contributed by atoms with Gasteiger partial charge in [-0.2, -0.15) is 0 Å². The topological polar surface area (TPSA) is 91.6 Å². The lowest BCUT2D eigenvalue weighted by Gasteiger charge is -2.11. The van der Waals surface area contributed by atoms with Gasteiger partial charge in [-0.3, -0.25) is 10.1 Å². The Kier molecular flexibility index (Phi) is 6.78. The molecule has 0 saturated heterocycles. The van der Waals surface area contributed by atoms with Gasteiger partial charge in [-0.05, 0) is 83.3 Å². The minimum atomic E-state index is -1.12. The smallest absolute Gasteiger partial charge is 0.337 e. The number of furan rings is 1. The Labute approximate surface area is 194 Å². The number of nitrogens with one attached hydrogen (secondary N) is 2. The number of rotatable bonds is 4. The molecule has 0 fully saturated rings. The Morgan fingerprint density at radius 3 is 2.55 bits per heavy atom. The number of hydrogen-bond donors (Lipinski definition) is 3. The lowest BCUT2D eigenvalue weighted by Crippen LogP contribution is -2.34. The fourth-order valence-corrected chi connectivity index (χ4v) is 3.49. The Hall–Kier alpha value is -2.14. The van der Waals surface area contributed by atoms with E-state index in [1.54, 1.807) is 36.4 Å². The summed E-state index contributed by atoms with van der Waals surface area (Å²) in [5, 5.41) is 15.3. The van der Waals surface area contributed by atoms with E-state index >= 15 is 0 Å². The van der Waals surface area contributed by atoms with Crippen LogP contribution in [0.4, 0.5) is 5.69 Å². The zero-order chi connectivity index (χ0) is 21.1. The first-order chi connectivity index (χ1) is 13.7. The summed E-state index contributed by atoms with van der Waals surface area (Å²) in [5.41, 5.74) is 0.836. The predicted octanol–water partition coefficient (Wildman–Crippen LogP) is 5.68. The summed E-state index contributed by atoms with van der Waals surface area (Å²) in [5.74, 6) is -1.35. The summed E-state index contributed by atoms with van der Waals surface area (Å²) in [4.78, 5) is 23.8. The van der Waals surface area contributed by atoms with Crippen molar-refractivity contribution in [1.82, 2.24) is 5.32 Å². The van der Waals surface area contributed by atoms with Crippen LogP contribution in [0.15, 0.2) is 52.9 Å². The van der Waals surface area contributed by atoms with Crippen LogP contribution < -0.4 is 10.6 Å². The molecule has 0 aliphatic heterocycles. The SMILES string of the molecule is O=C(NC(=S)Nc1ccc(I)cc1C(=O)O)c1ccc(-c2cc(Cl)ccc2Cl)o1. The van der Waals surface area contributed by atoms with Crippen LogP contribution in [0.3, 0.4) is 0 Å². The Balaban J connectivity index is 1.73. The van der Waals surface area contributed by atoms with E-state index in [9.17, 15) is 14.7 Å². The largest absolute Gasteiger partial charge is 0.478 e. The van der Waals surface area contributed by atoms with Gasteiger partial charge in [0.05, 0.1) is 16.3 Å². The van der Waals surface area contributed by atoms with E-state index in [-0.39, 0.29) is 22.1 Å². The predicted molar refractivity (Wildman–Crippen MR) is 124 cm³/mol. The molecule has 0 atom stereocenters. The molecule has 29 heavy (non-hydrogen) atoms. The molecule has 0 spiro atoms. The number of benzene rings is 2. The number of halogens is 3. The molecule has 1 aromatic heterocycles. The van der Waals surface area contributed by atoms with E-state index < -0.39 is 11.9 Å². The number of anilines is 1. The standard InChI is InChI=1S/C19H11Cl2IN2O4S/c20-9-1-3-13(21)11(7-9)15-5-6-16(28-15)17(25)24-19(29)23-14-4-2-10(22)8-12(14)18(26)27/h1-8H,(H,26,27)(H2,23,24,25,29). The number of carbonyl (C=O) groups excluding carboxylic acids is 1.